The Kier molecular flexibility index (Phi) is 4.98. The Balaban J connectivity index is 1.67. The van der Waals surface area contributed by atoms with Gasteiger partial charge in [0, 0.05) is 26.2 Å². The molecule has 0 spiro atoms. The first-order valence-corrected chi connectivity index (χ1v) is 6.52. The second-order valence-electron chi connectivity index (χ2n) is 4.66. The molecule has 1 fully saturated rings. The van der Waals surface area contributed by atoms with Crippen molar-refractivity contribution in [2.24, 2.45) is 0 Å². The van der Waals surface area contributed by atoms with Gasteiger partial charge in [-0.3, -0.25) is 0 Å². The Morgan fingerprint density at radius 1 is 1.18 bits per heavy atom. The van der Waals surface area contributed by atoms with Crippen LogP contribution in [-0.2, 0) is 0 Å². The molecule has 3 nitrogen and oxygen atoms in total. The highest BCUT2D eigenvalue weighted by Gasteiger charge is 2.11. The lowest BCUT2D eigenvalue weighted by Gasteiger charge is -2.27. The fourth-order valence-corrected chi connectivity index (χ4v) is 2.28. The standard InChI is InChI=1S/C14H22N2O/c17-14(13-5-2-1-3-6-13)7-4-10-16-11-8-15-9-12-16/h1-3,5-6,14-15,17H,4,7-12H2. The van der Waals surface area contributed by atoms with E-state index in [-0.39, 0.29) is 6.10 Å². The number of nitrogens with zero attached hydrogens (tertiary/aromatic N) is 1. The molecule has 1 aromatic carbocycles. The van der Waals surface area contributed by atoms with Crippen LogP contribution in [0.3, 0.4) is 0 Å². The number of hydrogen-bond donors (Lipinski definition) is 2. The summed E-state index contributed by atoms with van der Waals surface area (Å²) in [5.41, 5.74) is 1.04. The summed E-state index contributed by atoms with van der Waals surface area (Å²) in [4.78, 5) is 2.47. The third-order valence-corrected chi connectivity index (χ3v) is 3.35. The maximum atomic E-state index is 10.0. The zero-order chi connectivity index (χ0) is 11.9. The highest BCUT2D eigenvalue weighted by atomic mass is 16.3. The number of piperazine rings is 1. The van der Waals surface area contributed by atoms with E-state index in [1.807, 2.05) is 30.3 Å². The molecule has 0 aliphatic carbocycles. The minimum Gasteiger partial charge on any atom is -0.388 e. The lowest BCUT2D eigenvalue weighted by Crippen LogP contribution is -2.43. The molecule has 1 aliphatic heterocycles. The van der Waals surface area contributed by atoms with Gasteiger partial charge in [0.15, 0.2) is 0 Å². The van der Waals surface area contributed by atoms with Gasteiger partial charge in [-0.25, -0.2) is 0 Å². The molecule has 1 unspecified atom stereocenters. The Hall–Kier alpha value is -0.900. The summed E-state index contributed by atoms with van der Waals surface area (Å²) in [6.07, 6.45) is 1.61. The molecule has 0 saturated carbocycles. The van der Waals surface area contributed by atoms with Crippen LogP contribution in [0.2, 0.25) is 0 Å². The summed E-state index contributed by atoms with van der Waals surface area (Å²) in [5, 5.41) is 13.4. The first-order chi connectivity index (χ1) is 8.36. The normalized spacial score (nSPS) is 19.1. The van der Waals surface area contributed by atoms with Crippen LogP contribution in [0.4, 0.5) is 0 Å². The molecule has 17 heavy (non-hydrogen) atoms. The molecule has 1 saturated heterocycles. The van der Waals surface area contributed by atoms with Crippen LogP contribution in [0.1, 0.15) is 24.5 Å². The van der Waals surface area contributed by atoms with E-state index in [1.54, 1.807) is 0 Å². The highest BCUT2D eigenvalue weighted by Crippen LogP contribution is 2.17. The van der Waals surface area contributed by atoms with Crippen molar-refractivity contribution in [3.8, 4) is 0 Å². The average molecular weight is 234 g/mol. The lowest BCUT2D eigenvalue weighted by atomic mass is 10.0. The Labute approximate surface area is 103 Å². The maximum Gasteiger partial charge on any atom is 0.0790 e. The third-order valence-electron chi connectivity index (χ3n) is 3.35. The maximum absolute atomic E-state index is 10.0. The zero-order valence-electron chi connectivity index (χ0n) is 10.3. The molecule has 0 radical (unpaired) electrons. The summed E-state index contributed by atoms with van der Waals surface area (Å²) in [6.45, 7) is 5.58. The number of benzene rings is 1. The molecule has 1 heterocycles. The van der Waals surface area contributed by atoms with E-state index >= 15 is 0 Å². The number of rotatable bonds is 5. The summed E-state index contributed by atoms with van der Waals surface area (Å²) in [7, 11) is 0. The molecule has 1 aromatic rings. The largest absolute Gasteiger partial charge is 0.388 e. The van der Waals surface area contributed by atoms with Crippen LogP contribution in [-0.4, -0.2) is 42.7 Å². The Morgan fingerprint density at radius 3 is 2.59 bits per heavy atom. The summed E-state index contributed by atoms with van der Waals surface area (Å²) in [6, 6.07) is 9.94. The van der Waals surface area contributed by atoms with E-state index in [4.69, 9.17) is 0 Å². The van der Waals surface area contributed by atoms with Crippen molar-refractivity contribution in [2.75, 3.05) is 32.7 Å². The minimum atomic E-state index is -0.306. The van der Waals surface area contributed by atoms with Gasteiger partial charge in [0.05, 0.1) is 6.10 Å². The van der Waals surface area contributed by atoms with E-state index in [2.05, 4.69) is 10.2 Å². The number of aliphatic hydroxyl groups excluding tert-OH is 1. The number of hydrogen-bond acceptors (Lipinski definition) is 3. The fourth-order valence-electron chi connectivity index (χ4n) is 2.28. The molecule has 1 aliphatic rings. The van der Waals surface area contributed by atoms with E-state index in [0.717, 1.165) is 51.1 Å². The quantitative estimate of drug-likeness (QED) is 0.808. The molecule has 0 aromatic heterocycles. The predicted octanol–water partition coefficient (Wildman–Crippen LogP) is 1.41. The topological polar surface area (TPSA) is 35.5 Å². The first kappa shape index (κ1) is 12.6. The van der Waals surface area contributed by atoms with Crippen molar-refractivity contribution >= 4 is 0 Å². The molecule has 94 valence electrons. The SMILES string of the molecule is OC(CCCN1CCNCC1)c1ccccc1. The van der Waals surface area contributed by atoms with Crippen LogP contribution < -0.4 is 5.32 Å². The van der Waals surface area contributed by atoms with Crippen LogP contribution in [0.5, 0.6) is 0 Å². The van der Waals surface area contributed by atoms with Crippen molar-refractivity contribution in [1.82, 2.24) is 10.2 Å². The predicted molar refractivity (Wildman–Crippen MR) is 69.9 cm³/mol. The van der Waals surface area contributed by atoms with E-state index in [0.29, 0.717) is 0 Å². The lowest BCUT2D eigenvalue weighted by molar-refractivity contribution is 0.152. The molecule has 0 bridgehead atoms. The molecule has 2 N–H and O–H groups in total. The number of nitrogens with one attached hydrogen (secondary N) is 1. The Morgan fingerprint density at radius 2 is 1.88 bits per heavy atom. The summed E-state index contributed by atoms with van der Waals surface area (Å²) < 4.78 is 0. The first-order valence-electron chi connectivity index (χ1n) is 6.52. The molecule has 3 heteroatoms. The van der Waals surface area contributed by atoms with E-state index in [1.165, 1.54) is 0 Å². The van der Waals surface area contributed by atoms with Crippen molar-refractivity contribution in [3.63, 3.8) is 0 Å². The van der Waals surface area contributed by atoms with Crippen molar-refractivity contribution in [2.45, 2.75) is 18.9 Å². The fraction of sp³-hybridized carbons (Fsp3) is 0.571. The smallest absolute Gasteiger partial charge is 0.0790 e. The van der Waals surface area contributed by atoms with Gasteiger partial charge in [-0.1, -0.05) is 30.3 Å². The number of aliphatic hydroxyl groups is 1. The molecular weight excluding hydrogens is 212 g/mol. The van der Waals surface area contributed by atoms with Crippen LogP contribution in [0, 0.1) is 0 Å². The zero-order valence-corrected chi connectivity index (χ0v) is 10.3. The average Bonchev–Trinajstić information content (AvgIpc) is 2.41. The Bertz CT molecular complexity index is 309. The van der Waals surface area contributed by atoms with Gasteiger partial charge < -0.3 is 15.3 Å². The highest BCUT2D eigenvalue weighted by molar-refractivity contribution is 5.16. The van der Waals surface area contributed by atoms with Gasteiger partial charge >= 0.3 is 0 Å². The molecule has 0 amide bonds. The monoisotopic (exact) mass is 234 g/mol. The van der Waals surface area contributed by atoms with Gasteiger partial charge in [-0.2, -0.15) is 0 Å². The van der Waals surface area contributed by atoms with Crippen LogP contribution in [0.25, 0.3) is 0 Å². The van der Waals surface area contributed by atoms with E-state index < -0.39 is 0 Å². The summed E-state index contributed by atoms with van der Waals surface area (Å²) >= 11 is 0. The van der Waals surface area contributed by atoms with Gasteiger partial charge in [0.2, 0.25) is 0 Å². The van der Waals surface area contributed by atoms with Gasteiger partial charge in [0.25, 0.3) is 0 Å². The van der Waals surface area contributed by atoms with Crippen LogP contribution in [0.15, 0.2) is 30.3 Å². The van der Waals surface area contributed by atoms with Crippen LogP contribution >= 0.6 is 0 Å². The molecule has 2 rings (SSSR count). The van der Waals surface area contributed by atoms with Crippen molar-refractivity contribution in [1.29, 1.82) is 0 Å². The minimum absolute atomic E-state index is 0.306. The third kappa shape index (κ3) is 4.11. The van der Waals surface area contributed by atoms with Gasteiger partial charge in [0.1, 0.15) is 0 Å². The molecular formula is C14H22N2O. The molecule has 1 atom stereocenters. The van der Waals surface area contributed by atoms with Gasteiger partial charge in [-0.15, -0.1) is 0 Å². The second-order valence-corrected chi connectivity index (χ2v) is 4.66. The van der Waals surface area contributed by atoms with Crippen molar-refractivity contribution < 1.29 is 5.11 Å². The van der Waals surface area contributed by atoms with E-state index in [9.17, 15) is 5.11 Å². The second kappa shape index (κ2) is 6.74. The van der Waals surface area contributed by atoms with Gasteiger partial charge in [-0.05, 0) is 24.9 Å². The summed E-state index contributed by atoms with van der Waals surface area (Å²) in [5.74, 6) is 0. The van der Waals surface area contributed by atoms with Crippen molar-refractivity contribution in [3.05, 3.63) is 35.9 Å².